The highest BCUT2D eigenvalue weighted by Crippen LogP contribution is 2.12. The average Bonchev–Trinajstić information content (AvgIpc) is 2.83. The van der Waals surface area contributed by atoms with Crippen LogP contribution in [0.5, 0.6) is 0 Å². The Bertz CT molecular complexity index is 962. The Morgan fingerprint density at radius 3 is 1.97 bits per heavy atom. The Kier molecular flexibility index (Phi) is 10.2. The predicted molar refractivity (Wildman–Crippen MR) is 131 cm³/mol. The van der Waals surface area contributed by atoms with Gasteiger partial charge in [-0.15, -0.1) is 0 Å². The molecule has 0 aliphatic carbocycles. The molecule has 2 aromatic carbocycles. The van der Waals surface area contributed by atoms with Crippen molar-refractivity contribution < 1.29 is 28.6 Å². The van der Waals surface area contributed by atoms with Crippen molar-refractivity contribution in [2.45, 2.75) is 64.8 Å². The molecule has 9 nitrogen and oxygen atoms in total. The molecule has 0 aliphatic rings. The van der Waals surface area contributed by atoms with Gasteiger partial charge in [-0.1, -0.05) is 60.7 Å². The summed E-state index contributed by atoms with van der Waals surface area (Å²) in [6, 6.07) is 17.4. The van der Waals surface area contributed by atoms with Gasteiger partial charge in [0.2, 0.25) is 0 Å². The van der Waals surface area contributed by atoms with E-state index >= 15 is 0 Å². The van der Waals surface area contributed by atoms with E-state index in [1.54, 1.807) is 27.7 Å². The standard InChI is InChI=1S/C26H35N3O6/c1-18(33-16-19-12-8-6-9-13-19)21(24(31)34-17-20-14-10-7-11-15-20)28-23(30)22(27)29(5)25(32)35-26(2,3)4/h6-15,18,21-22H,16-17,27H2,1-5H3,(H,28,30)/t18-,21+,22-/m1/s1. The van der Waals surface area contributed by atoms with Crippen LogP contribution in [0.15, 0.2) is 60.7 Å². The summed E-state index contributed by atoms with van der Waals surface area (Å²) in [5.74, 6) is -1.44. The summed E-state index contributed by atoms with van der Waals surface area (Å²) in [5, 5.41) is 2.57. The van der Waals surface area contributed by atoms with Crippen LogP contribution in [0.1, 0.15) is 38.8 Å². The number of nitrogens with one attached hydrogen (secondary N) is 1. The maximum Gasteiger partial charge on any atom is 0.411 e. The van der Waals surface area contributed by atoms with Crippen molar-refractivity contribution in [1.82, 2.24) is 10.2 Å². The summed E-state index contributed by atoms with van der Waals surface area (Å²) in [6.07, 6.45) is -2.91. The van der Waals surface area contributed by atoms with Crippen LogP contribution in [0.2, 0.25) is 0 Å². The van der Waals surface area contributed by atoms with Gasteiger partial charge in [0, 0.05) is 7.05 Å². The number of esters is 1. The lowest BCUT2D eigenvalue weighted by atomic mass is 10.1. The molecule has 0 unspecified atom stereocenters. The van der Waals surface area contributed by atoms with Gasteiger partial charge in [-0.2, -0.15) is 0 Å². The Hall–Kier alpha value is -3.43. The monoisotopic (exact) mass is 485 g/mol. The quantitative estimate of drug-likeness (QED) is 0.392. The van der Waals surface area contributed by atoms with Crippen LogP contribution < -0.4 is 11.1 Å². The molecule has 35 heavy (non-hydrogen) atoms. The normalized spacial score (nSPS) is 13.8. The Labute approximate surface area is 206 Å². The third-order valence-corrected chi connectivity index (χ3v) is 4.97. The molecule has 0 aromatic heterocycles. The summed E-state index contributed by atoms with van der Waals surface area (Å²) in [6.45, 7) is 7.02. The second kappa shape index (κ2) is 12.9. The zero-order valence-corrected chi connectivity index (χ0v) is 20.9. The van der Waals surface area contributed by atoms with E-state index in [0.717, 1.165) is 16.0 Å². The molecule has 0 bridgehead atoms. The number of carbonyl (C=O) groups excluding carboxylic acids is 3. The lowest BCUT2D eigenvalue weighted by Crippen LogP contribution is -2.59. The molecule has 3 N–H and O–H groups in total. The Morgan fingerprint density at radius 2 is 1.46 bits per heavy atom. The highest BCUT2D eigenvalue weighted by Gasteiger charge is 2.34. The summed E-state index contributed by atoms with van der Waals surface area (Å²) in [5.41, 5.74) is 6.92. The van der Waals surface area contributed by atoms with E-state index < -0.39 is 41.9 Å². The first-order chi connectivity index (χ1) is 16.5. The molecule has 190 valence electrons. The molecule has 0 heterocycles. The molecule has 0 saturated heterocycles. The lowest BCUT2D eigenvalue weighted by molar-refractivity contribution is -0.154. The van der Waals surface area contributed by atoms with Gasteiger partial charge in [0.05, 0.1) is 12.7 Å². The van der Waals surface area contributed by atoms with Crippen molar-refractivity contribution in [2.75, 3.05) is 7.05 Å². The second-order valence-corrected chi connectivity index (χ2v) is 9.12. The van der Waals surface area contributed by atoms with Crippen LogP contribution >= 0.6 is 0 Å². The van der Waals surface area contributed by atoms with Crippen molar-refractivity contribution in [3.63, 3.8) is 0 Å². The highest BCUT2D eigenvalue weighted by molar-refractivity contribution is 5.89. The fraction of sp³-hybridized carbons (Fsp3) is 0.423. The van der Waals surface area contributed by atoms with E-state index in [-0.39, 0.29) is 13.2 Å². The summed E-state index contributed by atoms with van der Waals surface area (Å²) < 4.78 is 16.6. The van der Waals surface area contributed by atoms with Gasteiger partial charge in [0.15, 0.2) is 12.2 Å². The van der Waals surface area contributed by atoms with Crippen molar-refractivity contribution >= 4 is 18.0 Å². The largest absolute Gasteiger partial charge is 0.459 e. The molecule has 0 saturated carbocycles. The van der Waals surface area contributed by atoms with Crippen molar-refractivity contribution in [2.24, 2.45) is 5.73 Å². The number of likely N-dealkylation sites (N-methyl/N-ethyl adjacent to an activating group) is 1. The Balaban J connectivity index is 2.09. The van der Waals surface area contributed by atoms with E-state index in [2.05, 4.69) is 5.32 Å². The molecule has 2 aromatic rings. The van der Waals surface area contributed by atoms with Gasteiger partial charge in [-0.25, -0.2) is 9.59 Å². The highest BCUT2D eigenvalue weighted by atomic mass is 16.6. The number of rotatable bonds is 10. The predicted octanol–water partition coefficient (Wildman–Crippen LogP) is 2.97. The number of ether oxygens (including phenoxy) is 3. The van der Waals surface area contributed by atoms with Crippen LogP contribution in [-0.2, 0) is 37.0 Å². The molecule has 0 aliphatic heterocycles. The number of amides is 2. The number of hydrogen-bond acceptors (Lipinski definition) is 7. The van der Waals surface area contributed by atoms with Gasteiger partial charge in [-0.3, -0.25) is 9.69 Å². The van der Waals surface area contributed by atoms with E-state index in [1.165, 1.54) is 7.05 Å². The number of benzene rings is 2. The van der Waals surface area contributed by atoms with Crippen LogP contribution in [0.4, 0.5) is 4.79 Å². The van der Waals surface area contributed by atoms with E-state index in [0.29, 0.717) is 0 Å². The van der Waals surface area contributed by atoms with Gasteiger partial charge >= 0.3 is 12.1 Å². The molecular formula is C26H35N3O6. The maximum absolute atomic E-state index is 13.0. The van der Waals surface area contributed by atoms with Crippen molar-refractivity contribution in [3.8, 4) is 0 Å². The van der Waals surface area contributed by atoms with Crippen LogP contribution in [0.3, 0.4) is 0 Å². The summed E-state index contributed by atoms with van der Waals surface area (Å²) in [7, 11) is 1.34. The lowest BCUT2D eigenvalue weighted by Gasteiger charge is -2.30. The zero-order chi connectivity index (χ0) is 26.0. The van der Waals surface area contributed by atoms with Crippen LogP contribution in [0, 0.1) is 0 Å². The molecule has 0 spiro atoms. The van der Waals surface area contributed by atoms with Gasteiger partial charge < -0.3 is 25.3 Å². The first kappa shape index (κ1) is 27.8. The fourth-order valence-electron chi connectivity index (χ4n) is 2.95. The molecule has 3 atom stereocenters. The van der Waals surface area contributed by atoms with Gasteiger partial charge in [-0.05, 0) is 38.8 Å². The van der Waals surface area contributed by atoms with Crippen LogP contribution in [0.25, 0.3) is 0 Å². The summed E-state index contributed by atoms with van der Waals surface area (Å²) in [4.78, 5) is 39.1. The first-order valence-electron chi connectivity index (χ1n) is 11.4. The summed E-state index contributed by atoms with van der Waals surface area (Å²) >= 11 is 0. The third-order valence-electron chi connectivity index (χ3n) is 4.97. The molecular weight excluding hydrogens is 450 g/mol. The number of hydrogen-bond donors (Lipinski definition) is 2. The van der Waals surface area contributed by atoms with Gasteiger partial charge in [0.1, 0.15) is 12.2 Å². The smallest absolute Gasteiger partial charge is 0.411 e. The second-order valence-electron chi connectivity index (χ2n) is 9.12. The number of nitrogens with zero attached hydrogens (tertiary/aromatic N) is 1. The van der Waals surface area contributed by atoms with Gasteiger partial charge in [0.25, 0.3) is 5.91 Å². The minimum atomic E-state index is -1.39. The topological polar surface area (TPSA) is 120 Å². The minimum Gasteiger partial charge on any atom is -0.459 e. The molecule has 2 amide bonds. The molecule has 0 radical (unpaired) electrons. The Morgan fingerprint density at radius 1 is 0.943 bits per heavy atom. The zero-order valence-electron chi connectivity index (χ0n) is 20.9. The van der Waals surface area contributed by atoms with Crippen molar-refractivity contribution in [1.29, 1.82) is 0 Å². The maximum atomic E-state index is 13.0. The van der Waals surface area contributed by atoms with E-state index in [4.69, 9.17) is 19.9 Å². The third kappa shape index (κ3) is 9.38. The van der Waals surface area contributed by atoms with Crippen LogP contribution in [-0.4, -0.2) is 53.8 Å². The SMILES string of the molecule is C[C@@H](OCc1ccccc1)[C@H](NC(=O)[C@H](N)N(C)C(=O)OC(C)(C)C)C(=O)OCc1ccccc1. The van der Waals surface area contributed by atoms with E-state index in [9.17, 15) is 14.4 Å². The van der Waals surface area contributed by atoms with E-state index in [1.807, 2.05) is 60.7 Å². The molecule has 2 rings (SSSR count). The molecule has 9 heteroatoms. The minimum absolute atomic E-state index is 0.0291. The molecule has 0 fully saturated rings. The number of carbonyl (C=O) groups is 3. The average molecular weight is 486 g/mol. The first-order valence-corrected chi connectivity index (χ1v) is 11.4. The number of nitrogens with two attached hydrogens (primary N) is 1. The fourth-order valence-corrected chi connectivity index (χ4v) is 2.95. The van der Waals surface area contributed by atoms with Crippen molar-refractivity contribution in [3.05, 3.63) is 71.8 Å².